The Kier molecular flexibility index (Phi) is 15.3. The van der Waals surface area contributed by atoms with Crippen LogP contribution in [0.5, 0.6) is 0 Å². The summed E-state index contributed by atoms with van der Waals surface area (Å²) in [5.74, 6) is -2.71. The lowest BCUT2D eigenvalue weighted by Gasteiger charge is -2.53. The highest BCUT2D eigenvalue weighted by atomic mass is 16.7. The van der Waals surface area contributed by atoms with Crippen LogP contribution in [0.1, 0.15) is 84.6 Å². The Hall–Kier alpha value is -2.85. The van der Waals surface area contributed by atoms with Crippen LogP contribution in [0.3, 0.4) is 0 Å². The average Bonchev–Trinajstić information content (AvgIpc) is 3.00. The van der Waals surface area contributed by atoms with Crippen molar-refractivity contribution in [2.75, 3.05) is 14.2 Å². The zero-order valence-electron chi connectivity index (χ0n) is 26.6. The number of esters is 2. The average molecular weight is 603 g/mol. The lowest BCUT2D eigenvalue weighted by atomic mass is 9.74. The predicted molar refractivity (Wildman–Crippen MR) is 163 cm³/mol. The molecule has 1 aromatic rings. The van der Waals surface area contributed by atoms with Gasteiger partial charge in [0.1, 0.15) is 6.29 Å². The number of carbonyl (C=O) groups excluding carboxylic acids is 3. The maximum absolute atomic E-state index is 13.1. The van der Waals surface area contributed by atoms with Gasteiger partial charge in [0, 0.05) is 31.4 Å². The Morgan fingerprint density at radius 3 is 2.47 bits per heavy atom. The summed E-state index contributed by atoms with van der Waals surface area (Å²) >= 11 is 0. The van der Waals surface area contributed by atoms with Gasteiger partial charge in [-0.25, -0.2) is 4.79 Å². The van der Waals surface area contributed by atoms with Crippen LogP contribution in [0, 0.1) is 5.41 Å². The molecule has 9 nitrogen and oxygen atoms in total. The van der Waals surface area contributed by atoms with E-state index in [0.29, 0.717) is 24.9 Å². The van der Waals surface area contributed by atoms with Crippen molar-refractivity contribution in [3.8, 4) is 0 Å². The second kappa shape index (κ2) is 18.1. The van der Waals surface area contributed by atoms with Crippen LogP contribution in [0.4, 0.5) is 0 Å². The van der Waals surface area contributed by atoms with Crippen LogP contribution in [-0.2, 0) is 44.7 Å². The predicted octanol–water partition coefficient (Wildman–Crippen LogP) is 5.63. The zero-order chi connectivity index (χ0) is 31.9. The molecule has 0 amide bonds. The fraction of sp³-hybridized carbons (Fsp3) is 0.618. The molecule has 43 heavy (non-hydrogen) atoms. The Balaban J connectivity index is 2.38. The maximum Gasteiger partial charge on any atom is 0.330 e. The topological polar surface area (TPSA) is 118 Å². The van der Waals surface area contributed by atoms with E-state index in [9.17, 15) is 19.5 Å². The van der Waals surface area contributed by atoms with Gasteiger partial charge in [-0.1, -0.05) is 82.9 Å². The molecule has 1 saturated heterocycles. The molecule has 1 heterocycles. The highest BCUT2D eigenvalue weighted by Crippen LogP contribution is 2.48. The molecule has 0 aromatic heterocycles. The van der Waals surface area contributed by atoms with Crippen molar-refractivity contribution >= 4 is 18.2 Å². The molecular formula is C34H50O9. The number of ether oxygens (including phenoxy) is 5. The molecule has 240 valence electrons. The minimum absolute atomic E-state index is 0.144. The number of allylic oxidation sites excluding steroid dienone is 1. The van der Waals surface area contributed by atoms with E-state index in [-0.39, 0.29) is 19.3 Å². The van der Waals surface area contributed by atoms with E-state index in [1.54, 1.807) is 26.8 Å². The summed E-state index contributed by atoms with van der Waals surface area (Å²) in [5.41, 5.74) is 0.390. The summed E-state index contributed by atoms with van der Waals surface area (Å²) in [6.45, 7) is 7.83. The molecule has 0 spiro atoms. The number of benzene rings is 1. The molecule has 5 atom stereocenters. The van der Waals surface area contributed by atoms with E-state index in [4.69, 9.17) is 23.7 Å². The molecule has 1 unspecified atom stereocenters. The minimum atomic E-state index is -1.64. The molecule has 0 radical (unpaired) electrons. The standard InChI is InChI=1S/C34H50O9/c1-7-8-9-10-14-18-30(37)42-32-27(22-31(38)39-5)21-28(43-34(32,40-6)33(3,4)19-15-20-35)23-29(36)25(2)41-24-26-16-12-11-13-17-26/h11-13,15-17,19-20,22,25,28-29,32,36H,7-10,14,18,21,23-24H2,1-6H3/b19-15+,27-22+/t25-,28?,29+,32-,34+/m0/s1. The van der Waals surface area contributed by atoms with Crippen LogP contribution in [0.2, 0.25) is 0 Å². The fourth-order valence-corrected chi connectivity index (χ4v) is 5.34. The van der Waals surface area contributed by atoms with Gasteiger partial charge in [0.15, 0.2) is 6.10 Å². The number of rotatable bonds is 18. The van der Waals surface area contributed by atoms with Gasteiger partial charge in [-0.05, 0) is 37.0 Å². The molecule has 0 bridgehead atoms. The number of unbranched alkanes of at least 4 members (excludes halogenated alkanes) is 4. The van der Waals surface area contributed by atoms with Gasteiger partial charge in [0.25, 0.3) is 0 Å². The van der Waals surface area contributed by atoms with E-state index in [2.05, 4.69) is 6.92 Å². The van der Waals surface area contributed by atoms with Gasteiger partial charge in [0.05, 0.1) is 32.0 Å². The third kappa shape index (κ3) is 10.7. The molecule has 0 saturated carbocycles. The monoisotopic (exact) mass is 602 g/mol. The summed E-state index contributed by atoms with van der Waals surface area (Å²) < 4.78 is 29.6. The van der Waals surface area contributed by atoms with Crippen molar-refractivity contribution in [2.45, 2.75) is 116 Å². The smallest absolute Gasteiger partial charge is 0.330 e. The summed E-state index contributed by atoms with van der Waals surface area (Å²) in [5, 5.41) is 11.1. The quantitative estimate of drug-likeness (QED) is 0.0988. The van der Waals surface area contributed by atoms with Gasteiger partial charge in [-0.3, -0.25) is 9.59 Å². The molecular weight excluding hydrogens is 552 g/mol. The normalized spacial score (nSPS) is 23.2. The molecule has 0 aliphatic carbocycles. The SMILES string of the molecule is CCCCCCCC(=O)O[C@H]1/C(=C/C(=O)OC)CC(C[C@@H](O)[C@H](C)OCc2ccccc2)O[C@@]1(OC)C(C)(C)/C=C/C=O. The van der Waals surface area contributed by atoms with Crippen LogP contribution >= 0.6 is 0 Å². The van der Waals surface area contributed by atoms with E-state index in [1.807, 2.05) is 30.3 Å². The van der Waals surface area contributed by atoms with Crippen LogP contribution in [0.15, 0.2) is 54.1 Å². The van der Waals surface area contributed by atoms with Gasteiger partial charge in [-0.2, -0.15) is 0 Å². The van der Waals surface area contributed by atoms with E-state index in [1.165, 1.54) is 26.4 Å². The third-order valence-corrected chi connectivity index (χ3v) is 7.92. The first-order chi connectivity index (χ1) is 20.5. The van der Waals surface area contributed by atoms with Gasteiger partial charge in [0.2, 0.25) is 5.79 Å². The molecule has 2 rings (SSSR count). The third-order valence-electron chi connectivity index (χ3n) is 7.92. The number of methoxy groups -OCH3 is 2. The van der Waals surface area contributed by atoms with Crippen molar-refractivity contribution in [3.05, 3.63) is 59.7 Å². The Morgan fingerprint density at radius 1 is 1.14 bits per heavy atom. The Labute approximate surface area is 256 Å². The number of carbonyl (C=O) groups is 3. The van der Waals surface area contributed by atoms with Crippen molar-refractivity contribution < 1.29 is 43.2 Å². The molecule has 1 aliphatic rings. The van der Waals surface area contributed by atoms with Crippen molar-refractivity contribution in [2.24, 2.45) is 5.41 Å². The second-order valence-corrected chi connectivity index (χ2v) is 11.6. The number of hydrogen-bond acceptors (Lipinski definition) is 9. The molecule has 1 N–H and O–H groups in total. The Bertz CT molecular complexity index is 1060. The first kappa shape index (κ1) is 36.3. The van der Waals surface area contributed by atoms with Gasteiger partial charge < -0.3 is 28.8 Å². The number of aliphatic hydroxyl groups excluding tert-OH is 1. The van der Waals surface area contributed by atoms with Crippen LogP contribution in [0.25, 0.3) is 0 Å². The molecule has 9 heteroatoms. The number of aliphatic hydroxyl groups is 1. The molecule has 1 aliphatic heterocycles. The highest BCUT2D eigenvalue weighted by molar-refractivity contribution is 5.83. The van der Waals surface area contributed by atoms with Crippen LogP contribution in [-0.4, -0.2) is 67.8 Å². The van der Waals surface area contributed by atoms with Crippen LogP contribution < -0.4 is 0 Å². The van der Waals surface area contributed by atoms with E-state index in [0.717, 1.165) is 31.2 Å². The minimum Gasteiger partial charge on any atom is -0.466 e. The van der Waals surface area contributed by atoms with Crippen molar-refractivity contribution in [1.29, 1.82) is 0 Å². The van der Waals surface area contributed by atoms with E-state index >= 15 is 0 Å². The summed E-state index contributed by atoms with van der Waals surface area (Å²) in [6.07, 6.45) is 7.00. The first-order valence-corrected chi connectivity index (χ1v) is 15.2. The molecule has 1 aromatic carbocycles. The van der Waals surface area contributed by atoms with Crippen molar-refractivity contribution in [3.63, 3.8) is 0 Å². The van der Waals surface area contributed by atoms with Gasteiger partial charge >= 0.3 is 11.9 Å². The lowest BCUT2D eigenvalue weighted by molar-refractivity contribution is -0.338. The Morgan fingerprint density at radius 2 is 1.84 bits per heavy atom. The highest BCUT2D eigenvalue weighted by Gasteiger charge is 2.59. The number of hydrogen-bond donors (Lipinski definition) is 1. The first-order valence-electron chi connectivity index (χ1n) is 15.2. The second-order valence-electron chi connectivity index (χ2n) is 11.6. The number of aldehydes is 1. The summed E-state index contributed by atoms with van der Waals surface area (Å²) in [4.78, 5) is 36.9. The largest absolute Gasteiger partial charge is 0.466 e. The molecule has 1 fully saturated rings. The van der Waals surface area contributed by atoms with Crippen molar-refractivity contribution in [1.82, 2.24) is 0 Å². The van der Waals surface area contributed by atoms with Gasteiger partial charge in [-0.15, -0.1) is 0 Å². The summed E-state index contributed by atoms with van der Waals surface area (Å²) in [6, 6.07) is 9.66. The maximum atomic E-state index is 13.1. The summed E-state index contributed by atoms with van der Waals surface area (Å²) in [7, 11) is 2.70. The zero-order valence-corrected chi connectivity index (χ0v) is 26.6. The van der Waals surface area contributed by atoms with E-state index < -0.39 is 47.6 Å². The fourth-order valence-electron chi connectivity index (χ4n) is 5.34. The lowest BCUT2D eigenvalue weighted by Crippen LogP contribution is -2.63.